The van der Waals surface area contributed by atoms with Gasteiger partial charge in [-0.1, -0.05) is 11.8 Å². The van der Waals surface area contributed by atoms with Crippen molar-refractivity contribution in [2.75, 3.05) is 19.7 Å². The summed E-state index contributed by atoms with van der Waals surface area (Å²) < 4.78 is 0. The first-order valence-electron chi connectivity index (χ1n) is 5.81. The van der Waals surface area contributed by atoms with Crippen molar-refractivity contribution in [2.24, 2.45) is 0 Å². The van der Waals surface area contributed by atoms with E-state index >= 15 is 0 Å². The lowest BCUT2D eigenvalue weighted by atomic mass is 10.1. The SMILES string of the molecule is N#CCN(CC#N)C(=O)c1ccncc1C#CCCO. The van der Waals surface area contributed by atoms with Gasteiger partial charge in [-0.3, -0.25) is 9.78 Å². The summed E-state index contributed by atoms with van der Waals surface area (Å²) in [6, 6.07) is 5.18. The number of carbonyl (C=O) groups excluding carboxylic acids is 1. The number of pyridine rings is 1. The fraction of sp³-hybridized carbons (Fsp3) is 0.286. The summed E-state index contributed by atoms with van der Waals surface area (Å²) in [4.78, 5) is 17.3. The second-order valence-electron chi connectivity index (χ2n) is 3.67. The number of amides is 1. The Bertz CT molecular complexity index is 601. The quantitative estimate of drug-likeness (QED) is 0.625. The molecule has 0 radical (unpaired) electrons. The van der Waals surface area contributed by atoms with E-state index in [1.54, 1.807) is 0 Å². The lowest BCUT2D eigenvalue weighted by Crippen LogP contribution is -2.32. The molecule has 100 valence electrons. The molecule has 0 aliphatic rings. The Balaban J connectivity index is 3.07. The molecule has 0 aliphatic carbocycles. The van der Waals surface area contributed by atoms with Crippen LogP contribution in [-0.2, 0) is 0 Å². The first-order valence-corrected chi connectivity index (χ1v) is 5.81. The molecule has 0 unspecified atom stereocenters. The highest BCUT2D eigenvalue weighted by atomic mass is 16.2. The summed E-state index contributed by atoms with van der Waals surface area (Å²) >= 11 is 0. The molecule has 0 atom stereocenters. The van der Waals surface area contributed by atoms with Crippen LogP contribution in [0.3, 0.4) is 0 Å². The highest BCUT2D eigenvalue weighted by molar-refractivity contribution is 5.96. The average Bonchev–Trinajstić information content (AvgIpc) is 2.47. The van der Waals surface area contributed by atoms with Crippen LogP contribution < -0.4 is 0 Å². The van der Waals surface area contributed by atoms with E-state index in [-0.39, 0.29) is 25.3 Å². The minimum absolute atomic E-state index is 0.0640. The molecule has 1 rings (SSSR count). The Morgan fingerprint density at radius 2 is 2.05 bits per heavy atom. The van der Waals surface area contributed by atoms with Crippen molar-refractivity contribution in [1.82, 2.24) is 9.88 Å². The Morgan fingerprint density at radius 1 is 1.35 bits per heavy atom. The number of nitrogens with zero attached hydrogens (tertiary/aromatic N) is 4. The number of aliphatic hydroxyl groups is 1. The van der Waals surface area contributed by atoms with Crippen LogP contribution in [0.4, 0.5) is 0 Å². The van der Waals surface area contributed by atoms with Gasteiger partial charge >= 0.3 is 0 Å². The highest BCUT2D eigenvalue weighted by Gasteiger charge is 2.17. The van der Waals surface area contributed by atoms with Gasteiger partial charge in [0.25, 0.3) is 5.91 Å². The van der Waals surface area contributed by atoms with Gasteiger partial charge in [-0.25, -0.2) is 0 Å². The summed E-state index contributed by atoms with van der Waals surface area (Å²) in [7, 11) is 0. The maximum atomic E-state index is 12.3. The third-order valence-electron chi connectivity index (χ3n) is 2.32. The lowest BCUT2D eigenvalue weighted by Gasteiger charge is -2.16. The number of hydrogen-bond acceptors (Lipinski definition) is 5. The molecule has 0 saturated carbocycles. The number of aliphatic hydroxyl groups excluding tert-OH is 1. The van der Waals surface area contributed by atoms with Crippen molar-refractivity contribution in [3.8, 4) is 24.0 Å². The van der Waals surface area contributed by atoms with Crippen molar-refractivity contribution >= 4 is 5.91 Å². The fourth-order valence-corrected chi connectivity index (χ4v) is 1.43. The minimum Gasteiger partial charge on any atom is -0.395 e. The number of nitriles is 2. The van der Waals surface area contributed by atoms with Crippen molar-refractivity contribution in [3.63, 3.8) is 0 Å². The number of rotatable bonds is 4. The Hall–Kier alpha value is -2.88. The van der Waals surface area contributed by atoms with E-state index in [1.165, 1.54) is 18.5 Å². The molecular formula is C14H12N4O2. The van der Waals surface area contributed by atoms with Gasteiger partial charge in [0.15, 0.2) is 0 Å². The van der Waals surface area contributed by atoms with Crippen LogP contribution in [0, 0.1) is 34.5 Å². The van der Waals surface area contributed by atoms with E-state index in [1.807, 2.05) is 12.1 Å². The average molecular weight is 268 g/mol. The smallest absolute Gasteiger partial charge is 0.256 e. The summed E-state index contributed by atoms with van der Waals surface area (Å²) in [5.74, 6) is 5.02. The van der Waals surface area contributed by atoms with Crippen LogP contribution in [-0.4, -0.2) is 40.6 Å². The van der Waals surface area contributed by atoms with Crippen LogP contribution in [0.5, 0.6) is 0 Å². The van der Waals surface area contributed by atoms with E-state index < -0.39 is 5.91 Å². The van der Waals surface area contributed by atoms with Crippen LogP contribution in [0.15, 0.2) is 18.5 Å². The first-order chi connectivity index (χ1) is 9.74. The molecule has 1 heterocycles. The predicted molar refractivity (Wildman–Crippen MR) is 69.9 cm³/mol. The zero-order valence-electron chi connectivity index (χ0n) is 10.7. The molecule has 1 aromatic rings. The Labute approximate surface area is 116 Å². The van der Waals surface area contributed by atoms with Gasteiger partial charge < -0.3 is 10.0 Å². The molecular weight excluding hydrogens is 256 g/mol. The van der Waals surface area contributed by atoms with Gasteiger partial charge in [-0.2, -0.15) is 10.5 Å². The summed E-state index contributed by atoms with van der Waals surface area (Å²) in [6.07, 6.45) is 3.18. The van der Waals surface area contributed by atoms with Crippen LogP contribution in [0.25, 0.3) is 0 Å². The van der Waals surface area contributed by atoms with E-state index in [9.17, 15) is 4.79 Å². The minimum atomic E-state index is -0.441. The number of carbonyl (C=O) groups is 1. The second kappa shape index (κ2) is 8.26. The number of aromatic nitrogens is 1. The topological polar surface area (TPSA) is 101 Å². The largest absolute Gasteiger partial charge is 0.395 e. The maximum Gasteiger partial charge on any atom is 0.256 e. The van der Waals surface area contributed by atoms with Gasteiger partial charge in [0.2, 0.25) is 0 Å². The number of hydrogen-bond donors (Lipinski definition) is 1. The molecule has 6 nitrogen and oxygen atoms in total. The van der Waals surface area contributed by atoms with Crippen molar-refractivity contribution in [1.29, 1.82) is 10.5 Å². The summed E-state index contributed by atoms with van der Waals surface area (Å²) in [5, 5.41) is 26.0. The molecule has 1 amide bonds. The molecule has 1 aromatic heterocycles. The molecule has 0 saturated heterocycles. The lowest BCUT2D eigenvalue weighted by molar-refractivity contribution is 0.0794. The molecule has 0 aliphatic heterocycles. The molecule has 6 heteroatoms. The maximum absolute atomic E-state index is 12.3. The van der Waals surface area contributed by atoms with E-state index in [0.717, 1.165) is 4.90 Å². The highest BCUT2D eigenvalue weighted by Crippen LogP contribution is 2.09. The van der Waals surface area contributed by atoms with Crippen LogP contribution >= 0.6 is 0 Å². The third kappa shape index (κ3) is 4.10. The van der Waals surface area contributed by atoms with Crippen molar-refractivity contribution in [3.05, 3.63) is 29.6 Å². The standard InChI is InChI=1S/C14H12N4O2/c15-5-8-18(9-6-16)14(20)13-4-7-17-11-12(13)3-1-2-10-19/h4,7,11,19H,2,8-10H2. The van der Waals surface area contributed by atoms with Crippen molar-refractivity contribution in [2.45, 2.75) is 6.42 Å². The zero-order valence-corrected chi connectivity index (χ0v) is 10.7. The Morgan fingerprint density at radius 3 is 2.65 bits per heavy atom. The van der Waals surface area contributed by atoms with Crippen LogP contribution in [0.2, 0.25) is 0 Å². The van der Waals surface area contributed by atoms with Gasteiger partial charge in [0, 0.05) is 18.8 Å². The van der Waals surface area contributed by atoms with Gasteiger partial charge in [0.05, 0.1) is 29.9 Å². The first kappa shape index (κ1) is 15.2. The van der Waals surface area contributed by atoms with E-state index in [2.05, 4.69) is 16.8 Å². The van der Waals surface area contributed by atoms with E-state index in [4.69, 9.17) is 15.6 Å². The summed E-state index contributed by atoms with van der Waals surface area (Å²) in [6.45, 7) is -0.401. The van der Waals surface area contributed by atoms with Gasteiger partial charge in [-0.15, -0.1) is 0 Å². The predicted octanol–water partition coefficient (Wildman–Crippen LogP) is 0.305. The Kier molecular flexibility index (Phi) is 6.27. The molecule has 0 aromatic carbocycles. The van der Waals surface area contributed by atoms with Gasteiger partial charge in [0.1, 0.15) is 13.1 Å². The normalized spacial score (nSPS) is 8.75. The molecule has 20 heavy (non-hydrogen) atoms. The molecule has 0 spiro atoms. The van der Waals surface area contributed by atoms with Crippen LogP contribution in [0.1, 0.15) is 22.3 Å². The molecule has 1 N–H and O–H groups in total. The second-order valence-corrected chi connectivity index (χ2v) is 3.67. The molecule has 0 bridgehead atoms. The molecule has 0 fully saturated rings. The monoisotopic (exact) mass is 268 g/mol. The zero-order chi connectivity index (χ0) is 14.8. The van der Waals surface area contributed by atoms with E-state index in [0.29, 0.717) is 12.0 Å². The van der Waals surface area contributed by atoms with Crippen molar-refractivity contribution < 1.29 is 9.90 Å². The van der Waals surface area contributed by atoms with Gasteiger partial charge in [-0.05, 0) is 6.07 Å². The summed E-state index contributed by atoms with van der Waals surface area (Å²) in [5.41, 5.74) is 0.697. The fourth-order valence-electron chi connectivity index (χ4n) is 1.43. The third-order valence-corrected chi connectivity index (χ3v) is 2.32.